The molecule has 0 radical (unpaired) electrons. The van der Waals surface area contributed by atoms with Crippen molar-refractivity contribution in [3.05, 3.63) is 35.9 Å². The van der Waals surface area contributed by atoms with Crippen molar-refractivity contribution in [3.63, 3.8) is 0 Å². The number of rotatable bonds is 5. The Morgan fingerprint density at radius 3 is 1.88 bits per heavy atom. The molecule has 0 aliphatic rings. The maximum atomic E-state index is 11.1. The quantitative estimate of drug-likeness (QED) is 0.749. The highest BCUT2D eigenvalue weighted by atomic mass is 16.4. The summed E-state index contributed by atoms with van der Waals surface area (Å²) in [6.07, 6.45) is 0. The maximum absolute atomic E-state index is 11.1. The summed E-state index contributed by atoms with van der Waals surface area (Å²) < 4.78 is 0. The maximum Gasteiger partial charge on any atom is 0.319 e. The summed E-state index contributed by atoms with van der Waals surface area (Å²) in [4.78, 5) is 23.7. The van der Waals surface area contributed by atoms with Crippen molar-refractivity contribution in [2.75, 3.05) is 14.1 Å². The van der Waals surface area contributed by atoms with Gasteiger partial charge in [-0.05, 0) is 19.7 Å². The van der Waals surface area contributed by atoms with Crippen LogP contribution in [0.15, 0.2) is 30.3 Å². The van der Waals surface area contributed by atoms with Crippen molar-refractivity contribution in [3.8, 4) is 0 Å². The summed E-state index contributed by atoms with van der Waals surface area (Å²) in [6.45, 7) is 0. The average Bonchev–Trinajstić information content (AvgIpc) is 2.25. The van der Waals surface area contributed by atoms with Crippen molar-refractivity contribution in [1.82, 2.24) is 4.90 Å². The van der Waals surface area contributed by atoms with Crippen LogP contribution in [0.5, 0.6) is 0 Å². The zero-order valence-electron chi connectivity index (χ0n) is 9.70. The normalized spacial score (nSPS) is 12.7. The van der Waals surface area contributed by atoms with Crippen LogP contribution in [0.25, 0.3) is 0 Å². The third kappa shape index (κ3) is 3.04. The Morgan fingerprint density at radius 2 is 1.53 bits per heavy atom. The van der Waals surface area contributed by atoms with Gasteiger partial charge in [0.15, 0.2) is 5.92 Å². The molecule has 0 heterocycles. The van der Waals surface area contributed by atoms with Gasteiger partial charge in [0.25, 0.3) is 0 Å². The summed E-state index contributed by atoms with van der Waals surface area (Å²) in [5.41, 5.74) is 0.673. The Hall–Kier alpha value is -1.88. The molecule has 17 heavy (non-hydrogen) atoms. The van der Waals surface area contributed by atoms with E-state index < -0.39 is 23.9 Å². The molecule has 0 aliphatic carbocycles. The highest BCUT2D eigenvalue weighted by molar-refractivity contribution is 5.94. The van der Waals surface area contributed by atoms with Gasteiger partial charge in [-0.3, -0.25) is 9.59 Å². The highest BCUT2D eigenvalue weighted by Crippen LogP contribution is 2.27. The van der Waals surface area contributed by atoms with Gasteiger partial charge in [0, 0.05) is 0 Å². The second-order valence-electron chi connectivity index (χ2n) is 3.97. The first-order valence-corrected chi connectivity index (χ1v) is 5.12. The van der Waals surface area contributed by atoms with Gasteiger partial charge < -0.3 is 15.1 Å². The van der Waals surface area contributed by atoms with Crippen molar-refractivity contribution >= 4 is 11.9 Å². The van der Waals surface area contributed by atoms with Gasteiger partial charge in [0.2, 0.25) is 0 Å². The number of carbonyl (C=O) groups is 2. The van der Waals surface area contributed by atoms with Gasteiger partial charge in [0.05, 0.1) is 6.04 Å². The second kappa shape index (κ2) is 5.45. The van der Waals surface area contributed by atoms with E-state index in [1.54, 1.807) is 49.3 Å². The molecule has 1 aromatic carbocycles. The van der Waals surface area contributed by atoms with Crippen LogP contribution < -0.4 is 0 Å². The minimum atomic E-state index is -1.48. The fourth-order valence-electron chi connectivity index (χ4n) is 1.81. The van der Waals surface area contributed by atoms with Crippen LogP contribution in [-0.2, 0) is 9.59 Å². The van der Waals surface area contributed by atoms with E-state index in [-0.39, 0.29) is 0 Å². The first-order valence-electron chi connectivity index (χ1n) is 5.12. The van der Waals surface area contributed by atoms with Crippen molar-refractivity contribution in [2.45, 2.75) is 6.04 Å². The fourth-order valence-corrected chi connectivity index (χ4v) is 1.81. The van der Waals surface area contributed by atoms with Crippen LogP contribution in [0.4, 0.5) is 0 Å². The molecule has 1 aromatic rings. The minimum Gasteiger partial charge on any atom is -0.481 e. The molecule has 0 saturated carbocycles. The molecule has 0 spiro atoms. The van der Waals surface area contributed by atoms with E-state index in [1.807, 2.05) is 0 Å². The average molecular weight is 237 g/mol. The van der Waals surface area contributed by atoms with Crippen LogP contribution >= 0.6 is 0 Å². The molecule has 0 saturated heterocycles. The number of nitrogens with zero attached hydrogens (tertiary/aromatic N) is 1. The fraction of sp³-hybridized carbons (Fsp3) is 0.333. The number of hydrogen-bond acceptors (Lipinski definition) is 3. The lowest BCUT2D eigenvalue weighted by atomic mass is 9.92. The van der Waals surface area contributed by atoms with E-state index in [9.17, 15) is 9.59 Å². The van der Waals surface area contributed by atoms with Crippen molar-refractivity contribution in [2.24, 2.45) is 5.92 Å². The molecule has 5 nitrogen and oxygen atoms in total. The molecule has 0 aliphatic heterocycles. The predicted molar refractivity (Wildman–Crippen MR) is 61.6 cm³/mol. The largest absolute Gasteiger partial charge is 0.481 e. The highest BCUT2D eigenvalue weighted by Gasteiger charge is 2.37. The summed E-state index contributed by atoms with van der Waals surface area (Å²) in [5.74, 6) is -4.15. The first-order chi connectivity index (χ1) is 7.95. The monoisotopic (exact) mass is 237 g/mol. The second-order valence-corrected chi connectivity index (χ2v) is 3.97. The predicted octanol–water partition coefficient (Wildman–Crippen LogP) is 1.07. The smallest absolute Gasteiger partial charge is 0.319 e. The summed E-state index contributed by atoms with van der Waals surface area (Å²) in [7, 11) is 3.33. The number of benzene rings is 1. The topological polar surface area (TPSA) is 77.8 Å². The molecule has 0 bridgehead atoms. The van der Waals surface area contributed by atoms with Gasteiger partial charge in [-0.25, -0.2) is 0 Å². The van der Waals surface area contributed by atoms with Gasteiger partial charge >= 0.3 is 11.9 Å². The van der Waals surface area contributed by atoms with Crippen LogP contribution in [0.3, 0.4) is 0 Å². The van der Waals surface area contributed by atoms with Crippen LogP contribution in [0.2, 0.25) is 0 Å². The van der Waals surface area contributed by atoms with Gasteiger partial charge in [-0.1, -0.05) is 30.3 Å². The number of carboxylic acids is 2. The van der Waals surface area contributed by atoms with Crippen molar-refractivity contribution in [1.29, 1.82) is 0 Å². The lowest BCUT2D eigenvalue weighted by molar-refractivity contribution is -0.157. The van der Waals surface area contributed by atoms with E-state index in [2.05, 4.69) is 0 Å². The Bertz CT molecular complexity index is 388. The molecule has 0 fully saturated rings. The minimum absolute atomic E-state index is 0.673. The molecule has 1 atom stereocenters. The number of aliphatic carboxylic acids is 2. The molecule has 0 amide bonds. The van der Waals surface area contributed by atoms with E-state index >= 15 is 0 Å². The van der Waals surface area contributed by atoms with E-state index in [4.69, 9.17) is 10.2 Å². The van der Waals surface area contributed by atoms with E-state index in [1.165, 1.54) is 0 Å². The Balaban J connectivity index is 3.17. The third-order valence-corrected chi connectivity index (χ3v) is 2.55. The molecular formula is C12H15NO4. The zero-order chi connectivity index (χ0) is 13.0. The molecule has 2 N–H and O–H groups in total. The third-order valence-electron chi connectivity index (χ3n) is 2.55. The van der Waals surface area contributed by atoms with Gasteiger partial charge in [-0.2, -0.15) is 0 Å². The Kier molecular flexibility index (Phi) is 4.23. The van der Waals surface area contributed by atoms with E-state index in [0.29, 0.717) is 5.56 Å². The number of hydrogen-bond donors (Lipinski definition) is 2. The van der Waals surface area contributed by atoms with Crippen LogP contribution in [0.1, 0.15) is 11.6 Å². The zero-order valence-corrected chi connectivity index (χ0v) is 9.70. The van der Waals surface area contributed by atoms with Gasteiger partial charge in [0.1, 0.15) is 0 Å². The molecular weight excluding hydrogens is 222 g/mol. The molecule has 1 rings (SSSR count). The Morgan fingerprint density at radius 1 is 1.06 bits per heavy atom. The molecule has 0 aromatic heterocycles. The molecule has 92 valence electrons. The first kappa shape index (κ1) is 13.2. The van der Waals surface area contributed by atoms with Crippen LogP contribution in [0, 0.1) is 5.92 Å². The SMILES string of the molecule is CN(C)C(c1ccccc1)C(C(=O)O)C(=O)O. The lowest BCUT2D eigenvalue weighted by Crippen LogP contribution is -2.37. The standard InChI is InChI=1S/C12H15NO4/c1-13(2)10(8-6-4-3-5-7-8)9(11(14)15)12(16)17/h3-7,9-10H,1-2H3,(H,14,15)(H,16,17). The summed E-state index contributed by atoms with van der Waals surface area (Å²) >= 11 is 0. The van der Waals surface area contributed by atoms with Crippen molar-refractivity contribution < 1.29 is 19.8 Å². The van der Waals surface area contributed by atoms with Gasteiger partial charge in [-0.15, -0.1) is 0 Å². The Labute approximate surface area is 99.3 Å². The number of carboxylic acid groups (broad SMARTS) is 2. The summed E-state index contributed by atoms with van der Waals surface area (Å²) in [5, 5.41) is 18.0. The summed E-state index contributed by atoms with van der Waals surface area (Å²) in [6, 6.07) is 8.07. The van der Waals surface area contributed by atoms with E-state index in [0.717, 1.165) is 0 Å². The molecule has 5 heteroatoms. The van der Waals surface area contributed by atoms with Crippen LogP contribution in [-0.4, -0.2) is 41.1 Å². The lowest BCUT2D eigenvalue weighted by Gasteiger charge is -2.27. The molecule has 1 unspecified atom stereocenters.